The molecule has 0 aliphatic rings. The van der Waals surface area contributed by atoms with Crippen molar-refractivity contribution in [2.24, 2.45) is 0 Å². The Morgan fingerprint density at radius 1 is 0.220 bits per heavy atom. The van der Waals surface area contributed by atoms with E-state index >= 15 is 0 Å². The van der Waals surface area contributed by atoms with Crippen molar-refractivity contribution in [2.75, 3.05) is 4.90 Å². The summed E-state index contributed by atoms with van der Waals surface area (Å²) in [5.41, 5.74) is 17.7. The standard InChI is InChI=1S/C58H41N/c1-3-16-42(17-4-1)47-22-13-23-48(40-47)43-32-36-51(37-33-43)59(58-31-12-11-29-57(58)56-28-10-9-27-54(56)45-18-5-2-6-19-45)52-38-34-44(35-39-52)49-24-14-25-50(41-49)55-30-15-21-46-20-7-8-26-53(46)55/h1-41H. The Morgan fingerprint density at radius 3 is 1.27 bits per heavy atom. The van der Waals surface area contributed by atoms with Crippen LogP contribution in [0.25, 0.3) is 77.5 Å². The van der Waals surface area contributed by atoms with Gasteiger partial charge in [-0.1, -0.05) is 206 Å². The van der Waals surface area contributed by atoms with Crippen LogP contribution in [0.15, 0.2) is 249 Å². The molecule has 0 saturated carbocycles. The first-order chi connectivity index (χ1) is 29.3. The zero-order chi connectivity index (χ0) is 39.4. The molecule has 0 aliphatic carbocycles. The van der Waals surface area contributed by atoms with Crippen molar-refractivity contribution in [1.29, 1.82) is 0 Å². The molecule has 0 aliphatic heterocycles. The van der Waals surface area contributed by atoms with Gasteiger partial charge in [-0.05, 0) is 114 Å². The second-order valence-electron chi connectivity index (χ2n) is 14.9. The fourth-order valence-corrected chi connectivity index (χ4v) is 8.37. The minimum absolute atomic E-state index is 1.09. The molecular weight excluding hydrogens is 711 g/mol. The Kier molecular flexibility index (Phi) is 9.68. The maximum absolute atomic E-state index is 2.40. The lowest BCUT2D eigenvalue weighted by Crippen LogP contribution is -2.11. The lowest BCUT2D eigenvalue weighted by atomic mass is 9.93. The van der Waals surface area contributed by atoms with Gasteiger partial charge in [0.25, 0.3) is 0 Å². The molecule has 0 spiro atoms. The van der Waals surface area contributed by atoms with Crippen LogP contribution in [0.1, 0.15) is 0 Å². The third-order valence-electron chi connectivity index (χ3n) is 11.3. The van der Waals surface area contributed by atoms with Crippen LogP contribution in [0.5, 0.6) is 0 Å². The molecule has 0 aromatic heterocycles. The van der Waals surface area contributed by atoms with Crippen LogP contribution in [-0.2, 0) is 0 Å². The molecule has 0 saturated heterocycles. The summed E-state index contributed by atoms with van der Waals surface area (Å²) in [4.78, 5) is 2.40. The third-order valence-corrected chi connectivity index (χ3v) is 11.3. The second-order valence-corrected chi connectivity index (χ2v) is 14.9. The van der Waals surface area contributed by atoms with Crippen LogP contribution in [0, 0.1) is 0 Å². The molecule has 0 amide bonds. The summed E-state index contributed by atoms with van der Waals surface area (Å²) in [7, 11) is 0. The molecule has 278 valence electrons. The number of hydrogen-bond donors (Lipinski definition) is 0. The van der Waals surface area contributed by atoms with Crippen LogP contribution in [-0.4, -0.2) is 0 Å². The Morgan fingerprint density at radius 2 is 0.627 bits per heavy atom. The van der Waals surface area contributed by atoms with E-state index in [1.54, 1.807) is 0 Å². The van der Waals surface area contributed by atoms with Crippen molar-refractivity contribution in [3.8, 4) is 66.8 Å². The molecule has 0 unspecified atom stereocenters. The topological polar surface area (TPSA) is 3.24 Å². The number of anilines is 3. The van der Waals surface area contributed by atoms with E-state index in [2.05, 4.69) is 254 Å². The van der Waals surface area contributed by atoms with Crippen molar-refractivity contribution in [2.45, 2.75) is 0 Å². The van der Waals surface area contributed by atoms with Gasteiger partial charge in [0.05, 0.1) is 5.69 Å². The van der Waals surface area contributed by atoms with E-state index in [-0.39, 0.29) is 0 Å². The molecule has 10 aromatic rings. The fraction of sp³-hybridized carbons (Fsp3) is 0. The molecule has 0 radical (unpaired) electrons. The Hall–Kier alpha value is -7.74. The average Bonchev–Trinajstić information content (AvgIpc) is 3.33. The average molecular weight is 752 g/mol. The van der Waals surface area contributed by atoms with E-state index < -0.39 is 0 Å². The second kappa shape index (κ2) is 16.0. The van der Waals surface area contributed by atoms with Crippen molar-refractivity contribution in [1.82, 2.24) is 0 Å². The zero-order valence-corrected chi connectivity index (χ0v) is 32.6. The summed E-state index contributed by atoms with van der Waals surface area (Å²) in [6, 6.07) is 89.8. The summed E-state index contributed by atoms with van der Waals surface area (Å²) in [6.45, 7) is 0. The van der Waals surface area contributed by atoms with Gasteiger partial charge in [-0.3, -0.25) is 0 Å². The summed E-state index contributed by atoms with van der Waals surface area (Å²) in [5, 5.41) is 2.51. The number of hydrogen-bond acceptors (Lipinski definition) is 1. The summed E-state index contributed by atoms with van der Waals surface area (Å²) >= 11 is 0. The van der Waals surface area contributed by atoms with Crippen molar-refractivity contribution in [3.63, 3.8) is 0 Å². The highest BCUT2D eigenvalue weighted by Crippen LogP contribution is 2.44. The van der Waals surface area contributed by atoms with E-state index in [0.29, 0.717) is 0 Å². The fourth-order valence-electron chi connectivity index (χ4n) is 8.37. The first-order valence-electron chi connectivity index (χ1n) is 20.3. The summed E-state index contributed by atoms with van der Waals surface area (Å²) in [5.74, 6) is 0. The molecule has 0 atom stereocenters. The van der Waals surface area contributed by atoms with Crippen LogP contribution in [0.4, 0.5) is 17.1 Å². The van der Waals surface area contributed by atoms with Gasteiger partial charge in [0.1, 0.15) is 0 Å². The summed E-state index contributed by atoms with van der Waals surface area (Å²) < 4.78 is 0. The molecule has 0 bridgehead atoms. The lowest BCUT2D eigenvalue weighted by molar-refractivity contribution is 1.28. The normalized spacial score (nSPS) is 11.1. The largest absolute Gasteiger partial charge is 0.310 e. The molecule has 0 heterocycles. The number of rotatable bonds is 9. The Balaban J connectivity index is 1.07. The van der Waals surface area contributed by atoms with Crippen molar-refractivity contribution >= 4 is 27.8 Å². The van der Waals surface area contributed by atoms with Crippen molar-refractivity contribution in [3.05, 3.63) is 249 Å². The Labute approximate surface area is 346 Å². The highest BCUT2D eigenvalue weighted by Gasteiger charge is 2.19. The monoisotopic (exact) mass is 751 g/mol. The Bertz CT molecular complexity index is 3010. The van der Waals surface area contributed by atoms with E-state index in [4.69, 9.17) is 0 Å². The molecule has 10 aromatic carbocycles. The highest BCUT2D eigenvalue weighted by atomic mass is 15.1. The predicted molar refractivity (Wildman–Crippen MR) is 251 cm³/mol. The minimum Gasteiger partial charge on any atom is -0.310 e. The molecular formula is C58H41N. The number of para-hydroxylation sites is 1. The van der Waals surface area contributed by atoms with Crippen molar-refractivity contribution < 1.29 is 0 Å². The van der Waals surface area contributed by atoms with Gasteiger partial charge >= 0.3 is 0 Å². The molecule has 59 heavy (non-hydrogen) atoms. The van der Waals surface area contributed by atoms with Gasteiger partial charge in [-0.15, -0.1) is 0 Å². The highest BCUT2D eigenvalue weighted by molar-refractivity contribution is 5.98. The van der Waals surface area contributed by atoms with Gasteiger partial charge < -0.3 is 4.90 Å². The van der Waals surface area contributed by atoms with E-state index in [1.807, 2.05) is 0 Å². The van der Waals surface area contributed by atoms with Crippen LogP contribution in [0.2, 0.25) is 0 Å². The lowest BCUT2D eigenvalue weighted by Gasteiger charge is -2.29. The molecule has 1 nitrogen and oxygen atoms in total. The minimum atomic E-state index is 1.09. The molecule has 1 heteroatoms. The van der Waals surface area contributed by atoms with E-state index in [1.165, 1.54) is 77.5 Å². The van der Waals surface area contributed by atoms with Gasteiger partial charge in [0, 0.05) is 16.9 Å². The van der Waals surface area contributed by atoms with Crippen LogP contribution in [0.3, 0.4) is 0 Å². The van der Waals surface area contributed by atoms with Gasteiger partial charge in [0.15, 0.2) is 0 Å². The number of benzene rings is 10. The smallest absolute Gasteiger partial charge is 0.0540 e. The van der Waals surface area contributed by atoms with Gasteiger partial charge in [0.2, 0.25) is 0 Å². The van der Waals surface area contributed by atoms with E-state index in [0.717, 1.165) is 17.1 Å². The van der Waals surface area contributed by atoms with Gasteiger partial charge in [-0.2, -0.15) is 0 Å². The maximum atomic E-state index is 2.40. The quantitative estimate of drug-likeness (QED) is 0.142. The first kappa shape index (κ1) is 35.7. The SMILES string of the molecule is c1ccc(-c2cccc(-c3ccc(N(c4ccc(-c5cccc(-c6cccc7ccccc67)c5)cc4)c4ccccc4-c4ccccc4-c4ccccc4)cc3)c2)cc1. The van der Waals surface area contributed by atoms with Crippen LogP contribution >= 0.6 is 0 Å². The number of nitrogens with zero attached hydrogens (tertiary/aromatic N) is 1. The van der Waals surface area contributed by atoms with Gasteiger partial charge in [-0.25, -0.2) is 0 Å². The predicted octanol–water partition coefficient (Wildman–Crippen LogP) is 16.3. The zero-order valence-electron chi connectivity index (χ0n) is 32.6. The van der Waals surface area contributed by atoms with Crippen LogP contribution < -0.4 is 4.90 Å². The molecule has 0 fully saturated rings. The number of fused-ring (bicyclic) bond motifs is 1. The summed E-state index contributed by atoms with van der Waals surface area (Å²) in [6.07, 6.45) is 0. The third kappa shape index (κ3) is 7.23. The molecule has 0 N–H and O–H groups in total. The first-order valence-corrected chi connectivity index (χ1v) is 20.3. The van der Waals surface area contributed by atoms with E-state index in [9.17, 15) is 0 Å². The maximum Gasteiger partial charge on any atom is 0.0540 e. The molecule has 10 rings (SSSR count).